The Bertz CT molecular complexity index is 837. The maximum atomic E-state index is 6.00. The van der Waals surface area contributed by atoms with Gasteiger partial charge < -0.3 is 4.74 Å². The number of hydrogen-bond acceptors (Lipinski definition) is 1. The predicted molar refractivity (Wildman–Crippen MR) is 112 cm³/mol. The van der Waals surface area contributed by atoms with E-state index in [1.54, 1.807) is 0 Å². The van der Waals surface area contributed by atoms with Gasteiger partial charge >= 0.3 is 0 Å². The van der Waals surface area contributed by atoms with E-state index >= 15 is 0 Å². The van der Waals surface area contributed by atoms with Crippen LogP contribution in [0.1, 0.15) is 16.7 Å². The van der Waals surface area contributed by atoms with Crippen molar-refractivity contribution in [2.24, 2.45) is 0 Å². The van der Waals surface area contributed by atoms with Gasteiger partial charge in [-0.1, -0.05) is 92.5 Å². The Morgan fingerprint density at radius 2 is 1.44 bits per heavy atom. The summed E-state index contributed by atoms with van der Waals surface area (Å²) >= 11 is 7.06. The van der Waals surface area contributed by atoms with Crippen LogP contribution in [0.3, 0.4) is 0 Å². The van der Waals surface area contributed by atoms with E-state index in [0.29, 0.717) is 6.61 Å². The first kappa shape index (κ1) is 18.0. The molecule has 0 saturated heterocycles. The zero-order valence-electron chi connectivity index (χ0n) is 13.7. The van der Waals surface area contributed by atoms with Crippen molar-refractivity contribution in [3.63, 3.8) is 0 Å². The first-order valence-corrected chi connectivity index (χ1v) is 9.66. The average Bonchev–Trinajstić information content (AvgIpc) is 2.61. The third-order valence-electron chi connectivity index (χ3n) is 3.73. The van der Waals surface area contributed by atoms with Crippen molar-refractivity contribution in [3.05, 3.63) is 105 Å². The van der Waals surface area contributed by atoms with Crippen molar-refractivity contribution in [2.45, 2.75) is 13.0 Å². The van der Waals surface area contributed by atoms with E-state index in [2.05, 4.69) is 74.3 Å². The molecule has 0 aromatic heterocycles. The Kier molecular flexibility index (Phi) is 6.48. The average molecular weight is 458 g/mol. The molecule has 0 aliphatic carbocycles. The number of rotatable bonds is 6. The number of allylic oxidation sites excluding steroid dienone is 1. The fourth-order valence-electron chi connectivity index (χ4n) is 2.54. The quantitative estimate of drug-likeness (QED) is 0.385. The fourth-order valence-corrected chi connectivity index (χ4v) is 3.92. The van der Waals surface area contributed by atoms with Gasteiger partial charge in [0.1, 0.15) is 12.4 Å². The van der Waals surface area contributed by atoms with E-state index < -0.39 is 0 Å². The van der Waals surface area contributed by atoms with E-state index in [9.17, 15) is 0 Å². The van der Waals surface area contributed by atoms with Gasteiger partial charge in [-0.15, -0.1) is 0 Å². The molecule has 0 saturated carbocycles. The summed E-state index contributed by atoms with van der Waals surface area (Å²) in [5.74, 6) is 0.901. The minimum atomic E-state index is 0.574. The third kappa shape index (κ3) is 5.58. The molecule has 0 fully saturated rings. The van der Waals surface area contributed by atoms with E-state index in [1.807, 2.05) is 42.5 Å². The molecule has 3 rings (SSSR count). The molecular weight excluding hydrogens is 440 g/mol. The van der Waals surface area contributed by atoms with Crippen LogP contribution in [0.15, 0.2) is 87.8 Å². The molecule has 3 heteroatoms. The summed E-state index contributed by atoms with van der Waals surface area (Å²) in [7, 11) is 0. The Morgan fingerprint density at radius 1 is 0.760 bits per heavy atom. The van der Waals surface area contributed by atoms with Crippen LogP contribution in [0.25, 0.3) is 6.08 Å². The summed E-state index contributed by atoms with van der Waals surface area (Å²) in [6.45, 7) is 0.574. The molecule has 0 heterocycles. The van der Waals surface area contributed by atoms with Crippen LogP contribution < -0.4 is 4.74 Å². The molecule has 3 aromatic rings. The highest BCUT2D eigenvalue weighted by molar-refractivity contribution is 9.11. The van der Waals surface area contributed by atoms with Gasteiger partial charge in [-0.3, -0.25) is 0 Å². The molecule has 1 nitrogen and oxygen atoms in total. The maximum absolute atomic E-state index is 6.00. The lowest BCUT2D eigenvalue weighted by Gasteiger charge is -2.09. The lowest BCUT2D eigenvalue weighted by Crippen LogP contribution is -1.96. The number of para-hydroxylation sites is 1. The highest BCUT2D eigenvalue weighted by atomic mass is 79.9. The zero-order chi connectivity index (χ0) is 17.5. The van der Waals surface area contributed by atoms with Crippen LogP contribution in [0, 0.1) is 0 Å². The Hall–Kier alpha value is -1.84. The summed E-state index contributed by atoms with van der Waals surface area (Å²) in [6.07, 6.45) is 5.15. The Morgan fingerprint density at radius 3 is 2.20 bits per heavy atom. The van der Waals surface area contributed by atoms with Gasteiger partial charge in [-0.25, -0.2) is 0 Å². The van der Waals surface area contributed by atoms with Gasteiger partial charge in [-0.05, 0) is 41.8 Å². The van der Waals surface area contributed by atoms with Crippen LogP contribution in [-0.2, 0) is 13.0 Å². The second-order valence-corrected chi connectivity index (χ2v) is 7.53. The maximum Gasteiger partial charge on any atom is 0.127 e. The highest BCUT2D eigenvalue weighted by Gasteiger charge is 2.01. The predicted octanol–water partition coefficient (Wildman–Crippen LogP) is 7.05. The molecule has 126 valence electrons. The van der Waals surface area contributed by atoms with Gasteiger partial charge in [0.15, 0.2) is 0 Å². The molecule has 25 heavy (non-hydrogen) atoms. The SMILES string of the molecule is Brc1cc(Br)cc(C/C=C/c2ccccc2OCc2ccccc2)c1. The zero-order valence-corrected chi connectivity index (χ0v) is 16.8. The van der Waals surface area contributed by atoms with Crippen molar-refractivity contribution in [3.8, 4) is 5.75 Å². The third-order valence-corrected chi connectivity index (χ3v) is 4.65. The lowest BCUT2D eigenvalue weighted by molar-refractivity contribution is 0.305. The Labute approximate surface area is 165 Å². The van der Waals surface area contributed by atoms with E-state index in [-0.39, 0.29) is 0 Å². The lowest BCUT2D eigenvalue weighted by atomic mass is 10.1. The molecular formula is C22H18Br2O. The smallest absolute Gasteiger partial charge is 0.127 e. The van der Waals surface area contributed by atoms with Crippen LogP contribution >= 0.6 is 31.9 Å². The molecule has 0 N–H and O–H groups in total. The summed E-state index contributed by atoms with van der Waals surface area (Å²) in [5, 5.41) is 0. The van der Waals surface area contributed by atoms with Gasteiger partial charge in [-0.2, -0.15) is 0 Å². The molecule has 0 aliphatic heterocycles. The molecule has 0 unspecified atom stereocenters. The largest absolute Gasteiger partial charge is 0.488 e. The minimum Gasteiger partial charge on any atom is -0.488 e. The standard InChI is InChI=1S/C22H18Br2O/c23-20-13-18(14-21(24)15-20)9-6-11-19-10-4-5-12-22(19)25-16-17-7-2-1-3-8-17/h1-8,10-15H,9,16H2/b11-6+. The second-order valence-electron chi connectivity index (χ2n) is 5.70. The molecule has 0 bridgehead atoms. The van der Waals surface area contributed by atoms with Gasteiger partial charge in [0, 0.05) is 14.5 Å². The minimum absolute atomic E-state index is 0.574. The van der Waals surface area contributed by atoms with E-state index in [0.717, 1.165) is 26.7 Å². The monoisotopic (exact) mass is 456 g/mol. The van der Waals surface area contributed by atoms with Crippen LogP contribution in [-0.4, -0.2) is 0 Å². The van der Waals surface area contributed by atoms with Crippen molar-refractivity contribution < 1.29 is 4.74 Å². The van der Waals surface area contributed by atoms with Crippen molar-refractivity contribution in [1.29, 1.82) is 0 Å². The van der Waals surface area contributed by atoms with Gasteiger partial charge in [0.2, 0.25) is 0 Å². The fraction of sp³-hybridized carbons (Fsp3) is 0.0909. The normalized spacial score (nSPS) is 11.0. The number of halogens is 2. The summed E-state index contributed by atoms with van der Waals surface area (Å²) in [6, 6.07) is 24.6. The summed E-state index contributed by atoms with van der Waals surface area (Å²) < 4.78 is 8.16. The molecule has 3 aromatic carbocycles. The van der Waals surface area contributed by atoms with Crippen molar-refractivity contribution >= 4 is 37.9 Å². The molecule has 0 amide bonds. The summed E-state index contributed by atoms with van der Waals surface area (Å²) in [5.41, 5.74) is 3.51. The topological polar surface area (TPSA) is 9.23 Å². The number of hydrogen-bond donors (Lipinski definition) is 0. The molecule has 0 spiro atoms. The second kappa shape index (κ2) is 9.02. The Balaban J connectivity index is 1.67. The van der Waals surface area contributed by atoms with Crippen molar-refractivity contribution in [2.75, 3.05) is 0 Å². The first-order chi connectivity index (χ1) is 12.2. The van der Waals surface area contributed by atoms with E-state index in [4.69, 9.17) is 4.74 Å². The van der Waals surface area contributed by atoms with E-state index in [1.165, 1.54) is 11.1 Å². The van der Waals surface area contributed by atoms with Gasteiger partial charge in [0.05, 0.1) is 0 Å². The van der Waals surface area contributed by atoms with Crippen LogP contribution in [0.4, 0.5) is 0 Å². The number of benzene rings is 3. The molecule has 0 radical (unpaired) electrons. The molecule has 0 atom stereocenters. The first-order valence-electron chi connectivity index (χ1n) is 8.08. The molecule has 0 aliphatic rings. The van der Waals surface area contributed by atoms with Crippen LogP contribution in [0.5, 0.6) is 5.75 Å². The van der Waals surface area contributed by atoms with Crippen LogP contribution in [0.2, 0.25) is 0 Å². The van der Waals surface area contributed by atoms with Gasteiger partial charge in [0.25, 0.3) is 0 Å². The highest BCUT2D eigenvalue weighted by Crippen LogP contribution is 2.23. The number of ether oxygens (including phenoxy) is 1. The van der Waals surface area contributed by atoms with Crippen molar-refractivity contribution in [1.82, 2.24) is 0 Å². The summed E-state index contributed by atoms with van der Waals surface area (Å²) in [4.78, 5) is 0.